The van der Waals surface area contributed by atoms with Crippen LogP contribution in [0.2, 0.25) is 0 Å². The first-order valence-corrected chi connectivity index (χ1v) is 8.85. The van der Waals surface area contributed by atoms with Gasteiger partial charge in [0.2, 0.25) is 11.8 Å². The summed E-state index contributed by atoms with van der Waals surface area (Å²) < 4.78 is 5.15. The van der Waals surface area contributed by atoms with E-state index in [1.165, 1.54) is 6.42 Å². The van der Waals surface area contributed by atoms with E-state index in [0.717, 1.165) is 43.4 Å². The number of rotatable bonds is 7. The fourth-order valence-electron chi connectivity index (χ4n) is 3.18. The summed E-state index contributed by atoms with van der Waals surface area (Å²) in [5.74, 6) is 0.735. The number of amides is 2. The first-order chi connectivity index (χ1) is 11.6. The Labute approximate surface area is 144 Å². The van der Waals surface area contributed by atoms with Crippen molar-refractivity contribution in [3.8, 4) is 5.75 Å². The third kappa shape index (κ3) is 5.25. The predicted molar refractivity (Wildman–Crippen MR) is 93.8 cm³/mol. The van der Waals surface area contributed by atoms with Gasteiger partial charge in [-0.05, 0) is 37.0 Å². The lowest BCUT2D eigenvalue weighted by Crippen LogP contribution is -2.41. The Morgan fingerprint density at radius 3 is 2.42 bits per heavy atom. The second-order valence-electron chi connectivity index (χ2n) is 6.35. The lowest BCUT2D eigenvalue weighted by molar-refractivity contribution is -0.129. The third-order valence-corrected chi connectivity index (χ3v) is 4.66. The summed E-state index contributed by atoms with van der Waals surface area (Å²) in [5.41, 5.74) is 1.03. The van der Waals surface area contributed by atoms with Gasteiger partial charge in [0.25, 0.3) is 0 Å². The average molecular weight is 332 g/mol. The van der Waals surface area contributed by atoms with Gasteiger partial charge in [0.05, 0.1) is 19.7 Å². The van der Waals surface area contributed by atoms with E-state index in [-0.39, 0.29) is 30.3 Å². The summed E-state index contributed by atoms with van der Waals surface area (Å²) in [5, 5.41) is 5.76. The summed E-state index contributed by atoms with van der Waals surface area (Å²) in [4.78, 5) is 24.2. The topological polar surface area (TPSA) is 67.4 Å². The van der Waals surface area contributed by atoms with Crippen LogP contribution in [0.4, 0.5) is 0 Å². The summed E-state index contributed by atoms with van der Waals surface area (Å²) >= 11 is 0. The number of hydrogen-bond acceptors (Lipinski definition) is 3. The number of methoxy groups -OCH3 is 1. The van der Waals surface area contributed by atoms with E-state index in [1.54, 1.807) is 7.11 Å². The van der Waals surface area contributed by atoms with Crippen LogP contribution in [-0.2, 0) is 9.59 Å². The molecule has 1 fully saturated rings. The minimum Gasteiger partial charge on any atom is -0.497 e. The highest BCUT2D eigenvalue weighted by atomic mass is 16.5. The maximum atomic E-state index is 12.1. The molecule has 5 nitrogen and oxygen atoms in total. The molecule has 1 aliphatic carbocycles. The van der Waals surface area contributed by atoms with Crippen molar-refractivity contribution in [2.24, 2.45) is 5.92 Å². The van der Waals surface area contributed by atoms with Crippen LogP contribution < -0.4 is 15.4 Å². The van der Waals surface area contributed by atoms with Crippen molar-refractivity contribution in [3.05, 3.63) is 29.8 Å². The van der Waals surface area contributed by atoms with Crippen molar-refractivity contribution < 1.29 is 14.3 Å². The minimum atomic E-state index is -0.151. The van der Waals surface area contributed by atoms with Crippen molar-refractivity contribution in [1.29, 1.82) is 0 Å². The predicted octanol–water partition coefficient (Wildman–Crippen LogP) is 2.96. The van der Waals surface area contributed by atoms with E-state index in [4.69, 9.17) is 4.74 Å². The molecular formula is C19H28N2O3. The SMILES string of the molecule is CCC(NC(=O)CNC(=O)C1CCCCC1)c1ccc(OC)cc1. The molecule has 5 heteroatoms. The largest absolute Gasteiger partial charge is 0.497 e. The molecule has 132 valence electrons. The van der Waals surface area contributed by atoms with Gasteiger partial charge in [-0.3, -0.25) is 9.59 Å². The van der Waals surface area contributed by atoms with Crippen molar-refractivity contribution >= 4 is 11.8 Å². The summed E-state index contributed by atoms with van der Waals surface area (Å²) in [6.45, 7) is 2.07. The first kappa shape index (κ1) is 18.3. The molecule has 24 heavy (non-hydrogen) atoms. The van der Waals surface area contributed by atoms with Crippen molar-refractivity contribution in [2.45, 2.75) is 51.5 Å². The lowest BCUT2D eigenvalue weighted by Gasteiger charge is -2.21. The van der Waals surface area contributed by atoms with Gasteiger partial charge in [0, 0.05) is 5.92 Å². The molecule has 0 spiro atoms. The third-order valence-electron chi connectivity index (χ3n) is 4.66. The Morgan fingerprint density at radius 2 is 1.83 bits per heavy atom. The van der Waals surface area contributed by atoms with Gasteiger partial charge in [-0.2, -0.15) is 0 Å². The lowest BCUT2D eigenvalue weighted by atomic mass is 9.89. The monoisotopic (exact) mass is 332 g/mol. The van der Waals surface area contributed by atoms with Gasteiger partial charge in [0.15, 0.2) is 0 Å². The molecule has 0 radical (unpaired) electrons. The van der Waals surface area contributed by atoms with Crippen LogP contribution in [0.1, 0.15) is 57.1 Å². The summed E-state index contributed by atoms with van der Waals surface area (Å²) in [6, 6.07) is 7.61. The standard InChI is InChI=1S/C19H28N2O3/c1-3-17(14-9-11-16(24-2)12-10-14)21-18(22)13-20-19(23)15-7-5-4-6-8-15/h9-12,15,17H,3-8,13H2,1-2H3,(H,20,23)(H,21,22). The van der Waals surface area contributed by atoms with Crippen LogP contribution in [0.3, 0.4) is 0 Å². The molecule has 1 saturated carbocycles. The molecule has 1 aliphatic rings. The Kier molecular flexibility index (Phi) is 7.09. The molecule has 2 N–H and O–H groups in total. The van der Waals surface area contributed by atoms with E-state index in [0.29, 0.717) is 0 Å². The van der Waals surface area contributed by atoms with Gasteiger partial charge in [-0.25, -0.2) is 0 Å². The van der Waals surface area contributed by atoms with Gasteiger partial charge >= 0.3 is 0 Å². The van der Waals surface area contributed by atoms with Crippen LogP contribution in [-0.4, -0.2) is 25.5 Å². The van der Waals surface area contributed by atoms with Crippen molar-refractivity contribution in [2.75, 3.05) is 13.7 Å². The van der Waals surface area contributed by atoms with Crippen LogP contribution in [0, 0.1) is 5.92 Å². The maximum absolute atomic E-state index is 12.1. The molecule has 1 aromatic rings. The smallest absolute Gasteiger partial charge is 0.239 e. The molecule has 1 atom stereocenters. The molecule has 1 aromatic carbocycles. The van der Waals surface area contributed by atoms with Crippen LogP contribution in [0.25, 0.3) is 0 Å². The second kappa shape index (κ2) is 9.30. The molecule has 2 rings (SSSR count). The minimum absolute atomic E-state index is 0.0161. The van der Waals surface area contributed by atoms with Crippen LogP contribution >= 0.6 is 0 Å². The van der Waals surface area contributed by atoms with E-state index in [9.17, 15) is 9.59 Å². The molecule has 1 unspecified atom stereocenters. The number of carbonyl (C=O) groups excluding carboxylic acids is 2. The number of carbonyl (C=O) groups is 2. The fraction of sp³-hybridized carbons (Fsp3) is 0.579. The molecule has 2 amide bonds. The van der Waals surface area contributed by atoms with E-state index in [1.807, 2.05) is 31.2 Å². The molecule has 0 heterocycles. The zero-order chi connectivity index (χ0) is 17.4. The molecular weight excluding hydrogens is 304 g/mol. The Bertz CT molecular complexity index is 536. The molecule has 0 aromatic heterocycles. The van der Waals surface area contributed by atoms with Crippen LogP contribution in [0.15, 0.2) is 24.3 Å². The van der Waals surface area contributed by atoms with E-state index >= 15 is 0 Å². The van der Waals surface area contributed by atoms with Crippen molar-refractivity contribution in [3.63, 3.8) is 0 Å². The van der Waals surface area contributed by atoms with Gasteiger partial charge in [0.1, 0.15) is 5.75 Å². The maximum Gasteiger partial charge on any atom is 0.239 e. The first-order valence-electron chi connectivity index (χ1n) is 8.85. The fourth-order valence-corrected chi connectivity index (χ4v) is 3.18. The number of hydrogen-bond donors (Lipinski definition) is 2. The molecule has 0 aliphatic heterocycles. The Hall–Kier alpha value is -2.04. The highest BCUT2D eigenvalue weighted by Gasteiger charge is 2.21. The van der Waals surface area contributed by atoms with Crippen molar-refractivity contribution in [1.82, 2.24) is 10.6 Å². The molecule has 0 saturated heterocycles. The molecule has 0 bridgehead atoms. The number of nitrogens with one attached hydrogen (secondary N) is 2. The average Bonchev–Trinajstić information content (AvgIpc) is 2.65. The second-order valence-corrected chi connectivity index (χ2v) is 6.35. The van der Waals surface area contributed by atoms with E-state index in [2.05, 4.69) is 10.6 Å². The van der Waals surface area contributed by atoms with Gasteiger partial charge < -0.3 is 15.4 Å². The normalized spacial score (nSPS) is 16.2. The van der Waals surface area contributed by atoms with Gasteiger partial charge in [-0.15, -0.1) is 0 Å². The summed E-state index contributed by atoms with van der Waals surface area (Å²) in [6.07, 6.45) is 6.10. The zero-order valence-corrected chi connectivity index (χ0v) is 14.6. The van der Waals surface area contributed by atoms with E-state index < -0.39 is 0 Å². The Balaban J connectivity index is 1.81. The number of ether oxygens (including phenoxy) is 1. The van der Waals surface area contributed by atoms with Crippen LogP contribution in [0.5, 0.6) is 5.75 Å². The highest BCUT2D eigenvalue weighted by molar-refractivity contribution is 5.86. The number of benzene rings is 1. The Morgan fingerprint density at radius 1 is 1.17 bits per heavy atom. The highest BCUT2D eigenvalue weighted by Crippen LogP contribution is 2.23. The quantitative estimate of drug-likeness (QED) is 0.807. The zero-order valence-electron chi connectivity index (χ0n) is 14.6. The van der Waals surface area contributed by atoms with Gasteiger partial charge in [-0.1, -0.05) is 38.3 Å². The summed E-state index contributed by atoms with van der Waals surface area (Å²) in [7, 11) is 1.63.